The Kier molecular flexibility index (Phi) is 4.25. The van der Waals surface area contributed by atoms with E-state index < -0.39 is 11.4 Å². The van der Waals surface area contributed by atoms with Crippen molar-refractivity contribution in [1.82, 2.24) is 4.90 Å². The van der Waals surface area contributed by atoms with Crippen LogP contribution >= 0.6 is 11.6 Å². The molecule has 0 aromatic heterocycles. The van der Waals surface area contributed by atoms with E-state index in [9.17, 15) is 9.50 Å². The van der Waals surface area contributed by atoms with Crippen LogP contribution in [-0.4, -0.2) is 29.6 Å². The summed E-state index contributed by atoms with van der Waals surface area (Å²) in [7, 11) is 0. The SMILES string of the molecule is CCCCN1CCC(O)(c2cccc(F)c2Cl)C1. The van der Waals surface area contributed by atoms with E-state index in [-0.39, 0.29) is 5.02 Å². The van der Waals surface area contributed by atoms with Gasteiger partial charge in [0.1, 0.15) is 11.4 Å². The molecule has 0 radical (unpaired) electrons. The molecule has 100 valence electrons. The van der Waals surface area contributed by atoms with Crippen molar-refractivity contribution in [3.8, 4) is 0 Å². The summed E-state index contributed by atoms with van der Waals surface area (Å²) >= 11 is 5.96. The molecule has 1 aliphatic rings. The largest absolute Gasteiger partial charge is 0.384 e. The number of rotatable bonds is 4. The Morgan fingerprint density at radius 3 is 3.00 bits per heavy atom. The van der Waals surface area contributed by atoms with Crippen LogP contribution in [0.4, 0.5) is 4.39 Å². The maximum atomic E-state index is 13.4. The topological polar surface area (TPSA) is 23.5 Å². The van der Waals surface area contributed by atoms with Gasteiger partial charge in [-0.3, -0.25) is 0 Å². The van der Waals surface area contributed by atoms with Gasteiger partial charge in [-0.2, -0.15) is 0 Å². The number of benzene rings is 1. The van der Waals surface area contributed by atoms with Crippen LogP contribution in [0.15, 0.2) is 18.2 Å². The fraction of sp³-hybridized carbons (Fsp3) is 0.571. The van der Waals surface area contributed by atoms with Crippen LogP contribution in [0.25, 0.3) is 0 Å². The van der Waals surface area contributed by atoms with Gasteiger partial charge in [0, 0.05) is 18.7 Å². The number of nitrogens with zero attached hydrogens (tertiary/aromatic N) is 1. The van der Waals surface area contributed by atoms with Gasteiger partial charge in [0.05, 0.1) is 5.02 Å². The van der Waals surface area contributed by atoms with Crippen molar-refractivity contribution < 1.29 is 9.50 Å². The molecule has 4 heteroatoms. The third kappa shape index (κ3) is 2.68. The lowest BCUT2D eigenvalue weighted by Gasteiger charge is -2.25. The minimum Gasteiger partial charge on any atom is -0.384 e. The van der Waals surface area contributed by atoms with Crippen LogP contribution in [-0.2, 0) is 5.60 Å². The van der Waals surface area contributed by atoms with Gasteiger partial charge in [-0.15, -0.1) is 0 Å². The lowest BCUT2D eigenvalue weighted by atomic mass is 9.93. The highest BCUT2D eigenvalue weighted by Gasteiger charge is 2.39. The normalized spacial score (nSPS) is 24.7. The predicted octanol–water partition coefficient (Wildman–Crippen LogP) is 3.17. The second kappa shape index (κ2) is 5.55. The molecule has 2 rings (SSSR count). The van der Waals surface area contributed by atoms with E-state index >= 15 is 0 Å². The van der Waals surface area contributed by atoms with Crippen LogP contribution < -0.4 is 0 Å². The fourth-order valence-electron chi connectivity index (χ4n) is 2.53. The number of hydrogen-bond acceptors (Lipinski definition) is 2. The molecular formula is C14H19ClFNO. The zero-order chi connectivity index (χ0) is 13.2. The summed E-state index contributed by atoms with van der Waals surface area (Å²) in [5, 5.41) is 10.7. The summed E-state index contributed by atoms with van der Waals surface area (Å²) < 4.78 is 13.4. The number of likely N-dealkylation sites (tertiary alicyclic amines) is 1. The molecule has 0 bridgehead atoms. The van der Waals surface area contributed by atoms with Gasteiger partial charge in [-0.1, -0.05) is 37.1 Å². The third-order valence-electron chi connectivity index (χ3n) is 3.61. The molecular weight excluding hydrogens is 253 g/mol. The van der Waals surface area contributed by atoms with E-state index in [2.05, 4.69) is 11.8 Å². The van der Waals surface area contributed by atoms with E-state index in [4.69, 9.17) is 11.6 Å². The first kappa shape index (κ1) is 13.8. The molecule has 1 fully saturated rings. The standard InChI is InChI=1S/C14H19ClFNO/c1-2-3-8-17-9-7-14(18,10-17)11-5-4-6-12(16)13(11)15/h4-6,18H,2-3,7-10H2,1H3. The Bertz CT molecular complexity index is 426. The van der Waals surface area contributed by atoms with Gasteiger partial charge in [-0.05, 0) is 25.5 Å². The van der Waals surface area contributed by atoms with E-state index in [0.717, 1.165) is 25.9 Å². The van der Waals surface area contributed by atoms with Crippen molar-refractivity contribution >= 4 is 11.6 Å². The van der Waals surface area contributed by atoms with E-state index in [1.807, 2.05) is 0 Å². The van der Waals surface area contributed by atoms with Gasteiger partial charge < -0.3 is 10.0 Å². The average molecular weight is 272 g/mol. The summed E-state index contributed by atoms with van der Waals surface area (Å²) in [6.07, 6.45) is 2.86. The summed E-state index contributed by atoms with van der Waals surface area (Å²) in [4.78, 5) is 2.21. The molecule has 1 heterocycles. The van der Waals surface area contributed by atoms with Crippen LogP contribution in [0, 0.1) is 5.82 Å². The monoisotopic (exact) mass is 271 g/mol. The van der Waals surface area contributed by atoms with Crippen LogP contribution in [0.2, 0.25) is 5.02 Å². The molecule has 1 saturated heterocycles. The maximum absolute atomic E-state index is 13.4. The molecule has 0 saturated carbocycles. The van der Waals surface area contributed by atoms with E-state index in [1.165, 1.54) is 6.07 Å². The van der Waals surface area contributed by atoms with Gasteiger partial charge in [0.15, 0.2) is 0 Å². The second-order valence-corrected chi connectivity index (χ2v) is 5.39. The zero-order valence-corrected chi connectivity index (χ0v) is 11.4. The molecule has 1 aromatic carbocycles. The first-order chi connectivity index (χ1) is 8.57. The van der Waals surface area contributed by atoms with Crippen LogP contribution in [0.5, 0.6) is 0 Å². The van der Waals surface area contributed by atoms with Gasteiger partial charge >= 0.3 is 0 Å². The molecule has 1 aromatic rings. The number of aliphatic hydroxyl groups is 1. The molecule has 1 atom stereocenters. The quantitative estimate of drug-likeness (QED) is 0.909. The highest BCUT2D eigenvalue weighted by atomic mass is 35.5. The molecule has 1 aliphatic heterocycles. The van der Waals surface area contributed by atoms with Crippen molar-refractivity contribution in [2.75, 3.05) is 19.6 Å². The molecule has 0 amide bonds. The average Bonchev–Trinajstić information content (AvgIpc) is 2.73. The zero-order valence-electron chi connectivity index (χ0n) is 10.6. The van der Waals surface area contributed by atoms with Crippen LogP contribution in [0.3, 0.4) is 0 Å². The molecule has 1 unspecified atom stereocenters. The minimum atomic E-state index is -1.01. The first-order valence-corrected chi connectivity index (χ1v) is 6.84. The Labute approximate surface area is 112 Å². The van der Waals surface area contributed by atoms with Crippen LogP contribution in [0.1, 0.15) is 31.7 Å². The highest BCUT2D eigenvalue weighted by Crippen LogP contribution is 2.37. The first-order valence-electron chi connectivity index (χ1n) is 6.46. The Morgan fingerprint density at radius 2 is 2.28 bits per heavy atom. The summed E-state index contributed by atoms with van der Waals surface area (Å²) in [5.41, 5.74) is -0.490. The Morgan fingerprint density at radius 1 is 1.50 bits per heavy atom. The third-order valence-corrected chi connectivity index (χ3v) is 3.99. The fourth-order valence-corrected chi connectivity index (χ4v) is 2.83. The van der Waals surface area contributed by atoms with Crippen molar-refractivity contribution in [3.63, 3.8) is 0 Å². The maximum Gasteiger partial charge on any atom is 0.142 e. The number of hydrogen-bond donors (Lipinski definition) is 1. The molecule has 18 heavy (non-hydrogen) atoms. The summed E-state index contributed by atoms with van der Waals surface area (Å²) in [5.74, 6) is -0.463. The highest BCUT2D eigenvalue weighted by molar-refractivity contribution is 6.31. The minimum absolute atomic E-state index is 0.0531. The summed E-state index contributed by atoms with van der Waals surface area (Å²) in [6.45, 7) is 4.50. The smallest absolute Gasteiger partial charge is 0.142 e. The predicted molar refractivity (Wildman–Crippen MR) is 71.3 cm³/mol. The van der Waals surface area contributed by atoms with Gasteiger partial charge in [0.25, 0.3) is 0 Å². The molecule has 2 nitrogen and oxygen atoms in total. The van der Waals surface area contributed by atoms with E-state index in [1.54, 1.807) is 12.1 Å². The van der Waals surface area contributed by atoms with E-state index in [0.29, 0.717) is 18.5 Å². The number of β-amino-alcohol motifs (C(OH)–C–C–N with tert-alkyl or cyclic N) is 1. The number of unbranched alkanes of at least 4 members (excludes halogenated alkanes) is 1. The molecule has 1 N–H and O–H groups in total. The lowest BCUT2D eigenvalue weighted by Crippen LogP contribution is -2.31. The van der Waals surface area contributed by atoms with Crippen molar-refractivity contribution in [1.29, 1.82) is 0 Å². The summed E-state index contributed by atoms with van der Waals surface area (Å²) in [6, 6.07) is 4.64. The molecule has 0 spiro atoms. The van der Waals surface area contributed by atoms with Gasteiger partial charge in [0.2, 0.25) is 0 Å². The van der Waals surface area contributed by atoms with Crippen molar-refractivity contribution in [3.05, 3.63) is 34.6 Å². The lowest BCUT2D eigenvalue weighted by molar-refractivity contribution is 0.0458. The van der Waals surface area contributed by atoms with Crippen molar-refractivity contribution in [2.45, 2.75) is 31.8 Å². The van der Waals surface area contributed by atoms with Gasteiger partial charge in [-0.25, -0.2) is 4.39 Å². The Balaban J connectivity index is 2.15. The molecule has 0 aliphatic carbocycles. The van der Waals surface area contributed by atoms with Crippen molar-refractivity contribution in [2.24, 2.45) is 0 Å². The second-order valence-electron chi connectivity index (χ2n) is 5.01. The number of halogens is 2. The Hall–Kier alpha value is -0.640.